The number of hydroxylamine groups is 2. The molecule has 218 valence electrons. The van der Waals surface area contributed by atoms with Gasteiger partial charge in [0.1, 0.15) is 18.4 Å². The van der Waals surface area contributed by atoms with Crippen molar-refractivity contribution in [1.29, 1.82) is 0 Å². The zero-order valence-electron chi connectivity index (χ0n) is 22.6. The summed E-state index contributed by atoms with van der Waals surface area (Å²) < 4.78 is 41.5. The molecule has 0 aliphatic carbocycles. The van der Waals surface area contributed by atoms with Crippen molar-refractivity contribution in [2.45, 2.75) is 58.2 Å². The van der Waals surface area contributed by atoms with E-state index in [2.05, 4.69) is 4.98 Å². The quantitative estimate of drug-likeness (QED) is 0.273. The average Bonchev–Trinajstić information content (AvgIpc) is 3.44. The second-order valence-electron chi connectivity index (χ2n) is 9.25. The van der Waals surface area contributed by atoms with Gasteiger partial charge in [-0.25, -0.2) is 9.36 Å². The highest BCUT2D eigenvalue weighted by Gasteiger charge is 2.45. The van der Waals surface area contributed by atoms with E-state index in [9.17, 15) is 23.7 Å². The average molecular weight is 582 g/mol. The standard InChI is InChI=1S/C25H32N3O11P/c1-5-35-16(3)10-11-36-40(33,34-4)37-14-20-19(12-21(38-20)27-13-15(2)22(29)26-25(27)32)39-28-23(30)17-8-6-7-9-18(17)24(28)31/h6-9,13,16,19-21H,5,10-12,14H2,1-4H3,(H,26,29,32)/t16?,19-,20-,21-,40?/m1/s1. The first-order valence-electron chi connectivity index (χ1n) is 12.8. The Morgan fingerprint density at radius 3 is 2.42 bits per heavy atom. The summed E-state index contributed by atoms with van der Waals surface area (Å²) >= 11 is 0. The van der Waals surface area contributed by atoms with Gasteiger partial charge in [0.05, 0.1) is 30.4 Å². The summed E-state index contributed by atoms with van der Waals surface area (Å²) in [6.07, 6.45) is -1.38. The smallest absolute Gasteiger partial charge is 0.379 e. The van der Waals surface area contributed by atoms with E-state index >= 15 is 0 Å². The third-order valence-electron chi connectivity index (χ3n) is 6.48. The molecule has 0 radical (unpaired) electrons. The third-order valence-corrected chi connectivity index (χ3v) is 7.89. The van der Waals surface area contributed by atoms with Crippen LogP contribution in [0.3, 0.4) is 0 Å². The molecule has 4 rings (SSSR count). The van der Waals surface area contributed by atoms with Gasteiger partial charge >= 0.3 is 13.5 Å². The van der Waals surface area contributed by atoms with Crippen molar-refractivity contribution in [3.63, 3.8) is 0 Å². The second-order valence-corrected chi connectivity index (χ2v) is 11.0. The summed E-state index contributed by atoms with van der Waals surface area (Å²) in [4.78, 5) is 58.2. The van der Waals surface area contributed by atoms with Crippen molar-refractivity contribution >= 4 is 19.6 Å². The molecule has 14 nitrogen and oxygen atoms in total. The molecule has 0 bridgehead atoms. The van der Waals surface area contributed by atoms with Gasteiger partial charge in [-0.2, -0.15) is 0 Å². The zero-order valence-corrected chi connectivity index (χ0v) is 23.5. The molecule has 1 saturated heterocycles. The van der Waals surface area contributed by atoms with E-state index in [1.165, 1.54) is 32.4 Å². The number of amides is 2. The SMILES string of the molecule is CCOC(C)CCOP(=O)(OC)OC[C@H]1O[C@@H](n2cc(C)c(=O)[nH]c2=O)C[C@H]1ON1C(=O)c2ccccc2C1=O. The number of carbonyl (C=O) groups is 2. The van der Waals surface area contributed by atoms with Crippen molar-refractivity contribution in [1.82, 2.24) is 14.6 Å². The minimum Gasteiger partial charge on any atom is -0.379 e. The normalized spacial score (nSPS) is 22.9. The van der Waals surface area contributed by atoms with E-state index in [1.54, 1.807) is 12.1 Å². The molecule has 0 saturated carbocycles. The Morgan fingerprint density at radius 1 is 1.12 bits per heavy atom. The van der Waals surface area contributed by atoms with Crippen molar-refractivity contribution in [2.75, 3.05) is 26.9 Å². The van der Waals surface area contributed by atoms with Crippen LogP contribution in [0.15, 0.2) is 40.1 Å². The lowest BCUT2D eigenvalue weighted by molar-refractivity contribution is -0.154. The molecule has 40 heavy (non-hydrogen) atoms. The van der Waals surface area contributed by atoms with Crippen LogP contribution in [0, 0.1) is 6.92 Å². The van der Waals surface area contributed by atoms with Gasteiger partial charge in [0, 0.05) is 31.9 Å². The van der Waals surface area contributed by atoms with Gasteiger partial charge in [-0.3, -0.25) is 42.3 Å². The number of phosphoric ester groups is 1. The van der Waals surface area contributed by atoms with Crippen molar-refractivity contribution in [3.05, 3.63) is 68.0 Å². The summed E-state index contributed by atoms with van der Waals surface area (Å²) in [7, 11) is -2.87. The molecule has 2 amide bonds. The molecule has 2 aliphatic rings. The molecule has 1 N–H and O–H groups in total. The van der Waals surface area contributed by atoms with Crippen LogP contribution in [0.4, 0.5) is 0 Å². The number of hydrogen-bond acceptors (Lipinski definition) is 11. The largest absolute Gasteiger partial charge is 0.474 e. The number of phosphoric acid groups is 1. The lowest BCUT2D eigenvalue weighted by Gasteiger charge is -2.24. The number of aryl methyl sites for hydroxylation is 1. The summed E-state index contributed by atoms with van der Waals surface area (Å²) in [5, 5.41) is 0.635. The Bertz CT molecular complexity index is 1370. The maximum atomic E-state index is 13.1. The molecule has 1 aromatic heterocycles. The van der Waals surface area contributed by atoms with Crippen LogP contribution in [0.25, 0.3) is 0 Å². The Morgan fingerprint density at radius 2 is 1.80 bits per heavy atom. The second kappa shape index (κ2) is 12.7. The van der Waals surface area contributed by atoms with Crippen molar-refractivity contribution < 1.29 is 42.0 Å². The maximum absolute atomic E-state index is 13.1. The number of imide groups is 1. The number of rotatable bonds is 13. The lowest BCUT2D eigenvalue weighted by atomic mass is 10.1. The molecule has 5 atom stereocenters. The van der Waals surface area contributed by atoms with Gasteiger partial charge in [0.15, 0.2) is 0 Å². The summed E-state index contributed by atoms with van der Waals surface area (Å²) in [5.74, 6) is -1.31. The number of hydrogen-bond donors (Lipinski definition) is 1. The number of H-pyrrole nitrogens is 1. The Balaban J connectivity index is 1.52. The first-order valence-corrected chi connectivity index (χ1v) is 14.2. The first kappa shape index (κ1) is 30.0. The Kier molecular flexibility index (Phi) is 9.52. The molecule has 2 aliphatic heterocycles. The highest BCUT2D eigenvalue weighted by molar-refractivity contribution is 7.48. The number of aromatic nitrogens is 2. The molecule has 2 unspecified atom stereocenters. The highest BCUT2D eigenvalue weighted by Crippen LogP contribution is 2.49. The zero-order chi connectivity index (χ0) is 29.0. The van der Waals surface area contributed by atoms with E-state index in [1.807, 2.05) is 13.8 Å². The lowest BCUT2D eigenvalue weighted by Crippen LogP contribution is -2.39. The van der Waals surface area contributed by atoms with E-state index in [0.717, 1.165) is 4.57 Å². The van der Waals surface area contributed by atoms with Crippen LogP contribution in [-0.2, 0) is 32.4 Å². The maximum Gasteiger partial charge on any atom is 0.474 e. The minimum absolute atomic E-state index is 0.0170. The van der Waals surface area contributed by atoms with Crippen LogP contribution in [0.1, 0.15) is 59.2 Å². The van der Waals surface area contributed by atoms with Gasteiger partial charge < -0.3 is 9.47 Å². The van der Waals surface area contributed by atoms with Crippen molar-refractivity contribution in [2.24, 2.45) is 0 Å². The fourth-order valence-electron chi connectivity index (χ4n) is 4.34. The van der Waals surface area contributed by atoms with Crippen LogP contribution >= 0.6 is 7.82 Å². The summed E-state index contributed by atoms with van der Waals surface area (Å²) in [6.45, 7) is 5.38. The number of nitrogens with zero attached hydrogens (tertiary/aromatic N) is 2. The highest BCUT2D eigenvalue weighted by atomic mass is 31.2. The number of fused-ring (bicyclic) bond motifs is 1. The minimum atomic E-state index is -4.03. The van der Waals surface area contributed by atoms with E-state index in [-0.39, 0.29) is 35.8 Å². The topological polar surface area (TPSA) is 165 Å². The van der Waals surface area contributed by atoms with E-state index in [0.29, 0.717) is 18.1 Å². The van der Waals surface area contributed by atoms with Gasteiger partial charge in [0.25, 0.3) is 17.4 Å². The first-order chi connectivity index (χ1) is 19.1. The molecular formula is C25H32N3O11P. The molecule has 2 aromatic rings. The van der Waals surface area contributed by atoms with Crippen LogP contribution < -0.4 is 11.2 Å². The number of aromatic amines is 1. The molecule has 0 spiro atoms. The third kappa shape index (κ3) is 6.50. The predicted octanol–water partition coefficient (Wildman–Crippen LogP) is 2.33. The van der Waals surface area contributed by atoms with E-state index < -0.39 is 55.9 Å². The van der Waals surface area contributed by atoms with Crippen LogP contribution in [0.5, 0.6) is 0 Å². The monoisotopic (exact) mass is 581 g/mol. The Labute approximate surface area is 229 Å². The molecule has 15 heteroatoms. The van der Waals surface area contributed by atoms with Crippen LogP contribution in [-0.4, -0.2) is 71.7 Å². The molecular weight excluding hydrogens is 549 g/mol. The number of ether oxygens (including phenoxy) is 2. The summed E-state index contributed by atoms with van der Waals surface area (Å²) in [6, 6.07) is 6.27. The number of nitrogens with one attached hydrogen (secondary N) is 1. The van der Waals surface area contributed by atoms with Crippen molar-refractivity contribution in [3.8, 4) is 0 Å². The number of carbonyl (C=O) groups excluding carboxylic acids is 2. The molecule has 3 heterocycles. The van der Waals surface area contributed by atoms with Gasteiger partial charge in [0.2, 0.25) is 0 Å². The van der Waals surface area contributed by atoms with Gasteiger partial charge in [-0.15, -0.1) is 5.06 Å². The fraction of sp³-hybridized carbons (Fsp3) is 0.520. The van der Waals surface area contributed by atoms with E-state index in [4.69, 9.17) is 27.9 Å². The number of benzene rings is 1. The van der Waals surface area contributed by atoms with Gasteiger partial charge in [-0.1, -0.05) is 12.1 Å². The molecule has 1 aromatic carbocycles. The van der Waals surface area contributed by atoms with Crippen LogP contribution in [0.2, 0.25) is 0 Å². The molecule has 1 fully saturated rings. The van der Waals surface area contributed by atoms with Gasteiger partial charge in [-0.05, 0) is 39.3 Å². The summed E-state index contributed by atoms with van der Waals surface area (Å²) in [5.41, 5.74) is -0.645. The fourth-order valence-corrected chi connectivity index (χ4v) is 5.28. The Hall–Kier alpha value is -2.97. The predicted molar refractivity (Wildman–Crippen MR) is 139 cm³/mol.